The van der Waals surface area contributed by atoms with Gasteiger partial charge < -0.3 is 20.3 Å². The summed E-state index contributed by atoms with van der Waals surface area (Å²) in [5.41, 5.74) is 4.91. The van der Waals surface area contributed by atoms with Crippen molar-refractivity contribution in [2.75, 3.05) is 19.8 Å². The third kappa shape index (κ3) is 3.93. The summed E-state index contributed by atoms with van der Waals surface area (Å²) >= 11 is 0. The molecule has 0 aromatic heterocycles. The molecule has 3 N–H and O–H groups in total. The molecule has 0 amide bonds. The molecule has 0 saturated heterocycles. The van der Waals surface area contributed by atoms with Crippen LogP contribution < -0.4 is 5.73 Å². The Kier molecular flexibility index (Phi) is 6.05. The third-order valence-corrected chi connectivity index (χ3v) is 3.70. The van der Waals surface area contributed by atoms with E-state index in [2.05, 4.69) is 0 Å². The predicted molar refractivity (Wildman–Crippen MR) is 68.4 cm³/mol. The van der Waals surface area contributed by atoms with Gasteiger partial charge in [-0.1, -0.05) is 6.42 Å². The lowest BCUT2D eigenvalue weighted by Crippen LogP contribution is -2.51. The van der Waals surface area contributed by atoms with Gasteiger partial charge in [0.15, 0.2) is 0 Å². The van der Waals surface area contributed by atoms with E-state index < -0.39 is 11.5 Å². The van der Waals surface area contributed by atoms with Gasteiger partial charge in [0.25, 0.3) is 0 Å². The molecule has 5 nitrogen and oxygen atoms in total. The summed E-state index contributed by atoms with van der Waals surface area (Å²) in [6, 6.07) is 0. The van der Waals surface area contributed by atoms with Crippen LogP contribution in [-0.2, 0) is 14.3 Å². The molecule has 0 bridgehead atoms. The molecule has 1 saturated carbocycles. The summed E-state index contributed by atoms with van der Waals surface area (Å²) in [4.78, 5) is 11.2. The van der Waals surface area contributed by atoms with Crippen LogP contribution >= 0.6 is 0 Å². The molecule has 1 fully saturated rings. The number of nitrogens with two attached hydrogens (primary N) is 1. The van der Waals surface area contributed by atoms with Gasteiger partial charge in [0, 0.05) is 13.2 Å². The Balaban J connectivity index is 2.28. The van der Waals surface area contributed by atoms with Crippen LogP contribution in [0, 0.1) is 5.92 Å². The lowest BCUT2D eigenvalue weighted by atomic mass is 9.86. The van der Waals surface area contributed by atoms with Gasteiger partial charge >= 0.3 is 5.97 Å². The van der Waals surface area contributed by atoms with E-state index in [1.165, 1.54) is 0 Å². The van der Waals surface area contributed by atoms with E-state index in [1.807, 2.05) is 13.8 Å². The molecule has 1 aliphatic rings. The molecule has 0 heterocycles. The van der Waals surface area contributed by atoms with Crippen molar-refractivity contribution >= 4 is 5.97 Å². The average molecular weight is 259 g/mol. The number of ether oxygens (including phenoxy) is 2. The summed E-state index contributed by atoms with van der Waals surface area (Å²) in [7, 11) is 0. The first-order valence-corrected chi connectivity index (χ1v) is 6.72. The van der Waals surface area contributed by atoms with Crippen molar-refractivity contribution in [1.82, 2.24) is 0 Å². The Bertz CT molecular complexity index is 272. The normalized spacial score (nSPS) is 29.4. The highest BCUT2D eigenvalue weighted by molar-refractivity contribution is 5.79. The van der Waals surface area contributed by atoms with E-state index in [0.717, 1.165) is 12.8 Å². The van der Waals surface area contributed by atoms with E-state index in [4.69, 9.17) is 15.2 Å². The fourth-order valence-corrected chi connectivity index (χ4v) is 2.53. The van der Waals surface area contributed by atoms with Crippen LogP contribution in [0.25, 0.3) is 0 Å². The number of carboxylic acids is 1. The highest BCUT2D eigenvalue weighted by Gasteiger charge is 2.45. The van der Waals surface area contributed by atoms with Crippen LogP contribution in [0.3, 0.4) is 0 Å². The minimum absolute atomic E-state index is 0.0225. The quantitative estimate of drug-likeness (QED) is 0.688. The van der Waals surface area contributed by atoms with Crippen LogP contribution in [0.4, 0.5) is 0 Å². The molecule has 0 spiro atoms. The fraction of sp³-hybridized carbons (Fsp3) is 0.923. The predicted octanol–water partition coefficient (Wildman–Crippen LogP) is 1.40. The van der Waals surface area contributed by atoms with Crippen molar-refractivity contribution in [2.45, 2.75) is 51.2 Å². The van der Waals surface area contributed by atoms with Crippen LogP contribution in [0.5, 0.6) is 0 Å². The lowest BCUT2D eigenvalue weighted by Gasteiger charge is -2.27. The highest BCUT2D eigenvalue weighted by atomic mass is 16.5. The molecule has 0 aromatic rings. The lowest BCUT2D eigenvalue weighted by molar-refractivity contribution is -0.145. The number of rotatable bonds is 8. The standard InChI is InChI=1S/C13H25NO4/c1-3-17-9-10(2)18-8-6-11-5-4-7-13(11,14)12(15)16/h10-11H,3-9,14H2,1-2H3,(H,15,16). The molecule has 3 atom stereocenters. The van der Waals surface area contributed by atoms with Crippen molar-refractivity contribution in [3.63, 3.8) is 0 Å². The fourth-order valence-electron chi connectivity index (χ4n) is 2.53. The first-order chi connectivity index (χ1) is 8.50. The van der Waals surface area contributed by atoms with Gasteiger partial charge in [0.2, 0.25) is 0 Å². The molecular formula is C13H25NO4. The number of aliphatic carboxylic acids is 1. The summed E-state index contributed by atoms with van der Waals surface area (Å²) in [5, 5.41) is 9.18. The van der Waals surface area contributed by atoms with Crippen LogP contribution in [-0.4, -0.2) is 42.5 Å². The average Bonchev–Trinajstić information content (AvgIpc) is 2.70. The van der Waals surface area contributed by atoms with Gasteiger partial charge in [-0.15, -0.1) is 0 Å². The largest absolute Gasteiger partial charge is 0.480 e. The highest BCUT2D eigenvalue weighted by Crippen LogP contribution is 2.36. The first-order valence-electron chi connectivity index (χ1n) is 6.72. The Morgan fingerprint density at radius 2 is 2.33 bits per heavy atom. The zero-order valence-electron chi connectivity index (χ0n) is 11.4. The van der Waals surface area contributed by atoms with Gasteiger partial charge in [-0.05, 0) is 39.0 Å². The molecule has 0 aliphatic heterocycles. The zero-order chi connectivity index (χ0) is 13.6. The Morgan fingerprint density at radius 1 is 1.61 bits per heavy atom. The van der Waals surface area contributed by atoms with Crippen molar-refractivity contribution in [3.8, 4) is 0 Å². The molecule has 0 radical (unpaired) electrons. The van der Waals surface area contributed by atoms with Crippen LogP contribution in [0.1, 0.15) is 39.5 Å². The second-order valence-corrected chi connectivity index (χ2v) is 5.06. The molecule has 0 aromatic carbocycles. The van der Waals surface area contributed by atoms with Gasteiger partial charge in [0.05, 0.1) is 12.7 Å². The topological polar surface area (TPSA) is 81.8 Å². The van der Waals surface area contributed by atoms with Crippen LogP contribution in [0.2, 0.25) is 0 Å². The molecule has 3 unspecified atom stereocenters. The summed E-state index contributed by atoms with van der Waals surface area (Å²) < 4.78 is 10.9. The number of carbonyl (C=O) groups is 1. The molecule has 1 rings (SSSR count). The minimum Gasteiger partial charge on any atom is -0.480 e. The van der Waals surface area contributed by atoms with Crippen molar-refractivity contribution in [2.24, 2.45) is 11.7 Å². The monoisotopic (exact) mass is 259 g/mol. The van der Waals surface area contributed by atoms with Crippen molar-refractivity contribution in [3.05, 3.63) is 0 Å². The first kappa shape index (κ1) is 15.4. The number of carboxylic acid groups (broad SMARTS) is 1. The van der Waals surface area contributed by atoms with E-state index in [9.17, 15) is 9.90 Å². The van der Waals surface area contributed by atoms with Crippen molar-refractivity contribution < 1.29 is 19.4 Å². The Labute approximate surface area is 109 Å². The van der Waals surface area contributed by atoms with Crippen molar-refractivity contribution in [1.29, 1.82) is 0 Å². The summed E-state index contributed by atoms with van der Waals surface area (Å²) in [5.74, 6) is -0.860. The van der Waals surface area contributed by atoms with E-state index in [0.29, 0.717) is 32.7 Å². The second kappa shape index (κ2) is 7.07. The van der Waals surface area contributed by atoms with Gasteiger partial charge in [-0.25, -0.2) is 0 Å². The number of hydrogen-bond acceptors (Lipinski definition) is 4. The van der Waals surface area contributed by atoms with Gasteiger partial charge in [-0.2, -0.15) is 0 Å². The number of hydrogen-bond donors (Lipinski definition) is 2. The van der Waals surface area contributed by atoms with Crippen LogP contribution in [0.15, 0.2) is 0 Å². The zero-order valence-corrected chi connectivity index (χ0v) is 11.4. The SMILES string of the molecule is CCOCC(C)OCCC1CCCC1(N)C(=O)O. The second-order valence-electron chi connectivity index (χ2n) is 5.06. The smallest absolute Gasteiger partial charge is 0.323 e. The molecule has 106 valence electrons. The van der Waals surface area contributed by atoms with E-state index in [1.54, 1.807) is 0 Å². The van der Waals surface area contributed by atoms with Gasteiger partial charge in [-0.3, -0.25) is 4.79 Å². The molecule has 18 heavy (non-hydrogen) atoms. The maximum Gasteiger partial charge on any atom is 0.323 e. The van der Waals surface area contributed by atoms with E-state index >= 15 is 0 Å². The summed E-state index contributed by atoms with van der Waals surface area (Å²) in [6.07, 6.45) is 3.10. The summed E-state index contributed by atoms with van der Waals surface area (Å²) in [6.45, 7) is 5.71. The molecule has 5 heteroatoms. The maximum atomic E-state index is 11.2. The Morgan fingerprint density at radius 3 is 2.94 bits per heavy atom. The minimum atomic E-state index is -1.05. The Hall–Kier alpha value is -0.650. The van der Waals surface area contributed by atoms with Gasteiger partial charge in [0.1, 0.15) is 5.54 Å². The van der Waals surface area contributed by atoms with E-state index in [-0.39, 0.29) is 12.0 Å². The maximum absolute atomic E-state index is 11.2. The molecule has 1 aliphatic carbocycles. The molecular weight excluding hydrogens is 234 g/mol. The third-order valence-electron chi connectivity index (χ3n) is 3.70.